The van der Waals surface area contributed by atoms with Crippen LogP contribution in [0.2, 0.25) is 0 Å². The first-order valence-electron chi connectivity index (χ1n) is 6.84. The summed E-state index contributed by atoms with van der Waals surface area (Å²) < 4.78 is 0. The number of hydrogen-bond donors (Lipinski definition) is 2. The van der Waals surface area contributed by atoms with E-state index in [2.05, 4.69) is 17.4 Å². The van der Waals surface area contributed by atoms with Crippen LogP contribution in [-0.2, 0) is 11.2 Å². The maximum Gasteiger partial charge on any atom is 0.223 e. The van der Waals surface area contributed by atoms with Gasteiger partial charge in [-0.05, 0) is 24.8 Å². The lowest BCUT2D eigenvalue weighted by atomic mass is 10.0. The summed E-state index contributed by atoms with van der Waals surface area (Å²) in [4.78, 5) is 12.0. The predicted molar refractivity (Wildman–Crippen MR) is 73.1 cm³/mol. The molecule has 0 bridgehead atoms. The molecule has 0 heterocycles. The van der Waals surface area contributed by atoms with Gasteiger partial charge in [-0.15, -0.1) is 0 Å². The Morgan fingerprint density at radius 3 is 2.56 bits per heavy atom. The summed E-state index contributed by atoms with van der Waals surface area (Å²) in [5.74, 6) is 0.411. The minimum absolute atomic E-state index is 0.0560. The Kier molecular flexibility index (Phi) is 4.76. The maximum absolute atomic E-state index is 12.0. The van der Waals surface area contributed by atoms with Crippen LogP contribution >= 0.6 is 0 Å². The second-order valence-electron chi connectivity index (χ2n) is 5.11. The molecule has 98 valence electrons. The topological polar surface area (TPSA) is 55.1 Å². The van der Waals surface area contributed by atoms with Crippen LogP contribution in [0.4, 0.5) is 0 Å². The molecule has 1 aliphatic carbocycles. The molecule has 3 heteroatoms. The third-order valence-corrected chi connectivity index (χ3v) is 3.68. The highest BCUT2D eigenvalue weighted by Crippen LogP contribution is 2.24. The van der Waals surface area contributed by atoms with Crippen molar-refractivity contribution in [3.05, 3.63) is 35.9 Å². The third kappa shape index (κ3) is 3.57. The lowest BCUT2D eigenvalue weighted by Crippen LogP contribution is -2.43. The molecule has 0 spiro atoms. The fraction of sp³-hybridized carbons (Fsp3) is 0.533. The molecule has 1 unspecified atom stereocenters. The van der Waals surface area contributed by atoms with Gasteiger partial charge in [0.1, 0.15) is 0 Å². The first kappa shape index (κ1) is 13.1. The Balaban J connectivity index is 1.87. The quantitative estimate of drug-likeness (QED) is 0.833. The average Bonchev–Trinajstić information content (AvgIpc) is 2.93. The fourth-order valence-corrected chi connectivity index (χ4v) is 2.60. The average molecular weight is 246 g/mol. The summed E-state index contributed by atoms with van der Waals surface area (Å²) in [6, 6.07) is 10.2. The molecule has 1 aromatic carbocycles. The zero-order valence-corrected chi connectivity index (χ0v) is 10.8. The third-order valence-electron chi connectivity index (χ3n) is 3.68. The minimum Gasteiger partial charge on any atom is -0.352 e. The Bertz CT molecular complexity index is 371. The molecule has 1 amide bonds. The highest BCUT2D eigenvalue weighted by molar-refractivity contribution is 5.79. The molecule has 1 fully saturated rings. The molecule has 1 aliphatic rings. The van der Waals surface area contributed by atoms with Gasteiger partial charge in [0, 0.05) is 18.5 Å². The molecule has 0 radical (unpaired) electrons. The Labute approximate surface area is 109 Å². The highest BCUT2D eigenvalue weighted by Gasteiger charge is 2.24. The summed E-state index contributed by atoms with van der Waals surface area (Å²) in [6.45, 7) is 0.493. The van der Waals surface area contributed by atoms with Gasteiger partial charge < -0.3 is 11.1 Å². The van der Waals surface area contributed by atoms with Crippen LogP contribution in [0.25, 0.3) is 0 Å². The number of carbonyl (C=O) groups excluding carboxylic acids is 1. The van der Waals surface area contributed by atoms with E-state index in [0.717, 1.165) is 19.3 Å². The molecule has 18 heavy (non-hydrogen) atoms. The van der Waals surface area contributed by atoms with E-state index in [4.69, 9.17) is 5.73 Å². The number of nitrogens with two attached hydrogens (primary N) is 1. The number of carbonyl (C=O) groups is 1. The van der Waals surface area contributed by atoms with E-state index >= 15 is 0 Å². The first-order chi connectivity index (χ1) is 8.79. The van der Waals surface area contributed by atoms with Crippen molar-refractivity contribution >= 4 is 5.91 Å². The van der Waals surface area contributed by atoms with Crippen molar-refractivity contribution < 1.29 is 4.79 Å². The summed E-state index contributed by atoms with van der Waals surface area (Å²) in [5.41, 5.74) is 6.97. The Morgan fingerprint density at radius 2 is 1.94 bits per heavy atom. The molecule has 3 nitrogen and oxygen atoms in total. The second kappa shape index (κ2) is 6.55. The smallest absolute Gasteiger partial charge is 0.223 e. The molecular formula is C15H22N2O. The van der Waals surface area contributed by atoms with E-state index in [9.17, 15) is 4.79 Å². The van der Waals surface area contributed by atoms with E-state index in [1.54, 1.807) is 0 Å². The summed E-state index contributed by atoms with van der Waals surface area (Å²) in [7, 11) is 0. The normalized spacial score (nSPS) is 17.6. The van der Waals surface area contributed by atoms with Crippen molar-refractivity contribution in [2.45, 2.75) is 38.1 Å². The molecule has 1 aromatic rings. The van der Waals surface area contributed by atoms with Crippen LogP contribution < -0.4 is 11.1 Å². The Hall–Kier alpha value is -1.35. The van der Waals surface area contributed by atoms with Gasteiger partial charge in [0.15, 0.2) is 0 Å². The predicted octanol–water partition coefficient (Wildman–Crippen LogP) is 1.86. The van der Waals surface area contributed by atoms with Gasteiger partial charge in [0.2, 0.25) is 5.91 Å². The molecule has 2 rings (SSSR count). The van der Waals surface area contributed by atoms with Crippen molar-refractivity contribution in [3.63, 3.8) is 0 Å². The van der Waals surface area contributed by atoms with Gasteiger partial charge in [-0.3, -0.25) is 4.79 Å². The molecule has 1 atom stereocenters. The van der Waals surface area contributed by atoms with Crippen LogP contribution in [0, 0.1) is 5.92 Å². The van der Waals surface area contributed by atoms with Crippen molar-refractivity contribution in [1.29, 1.82) is 0 Å². The number of rotatable bonds is 5. The van der Waals surface area contributed by atoms with E-state index in [1.807, 2.05) is 18.2 Å². The summed E-state index contributed by atoms with van der Waals surface area (Å²) >= 11 is 0. The standard InChI is InChI=1S/C15H22N2O/c16-11-14(10-12-6-2-1-3-7-12)17-15(18)13-8-4-5-9-13/h1-3,6-7,13-14H,4-5,8-11,16H2,(H,17,18). The SMILES string of the molecule is NCC(Cc1ccccc1)NC(=O)C1CCCC1. The van der Waals surface area contributed by atoms with Gasteiger partial charge in [-0.25, -0.2) is 0 Å². The Morgan fingerprint density at radius 1 is 1.28 bits per heavy atom. The van der Waals surface area contributed by atoms with E-state index < -0.39 is 0 Å². The van der Waals surface area contributed by atoms with Gasteiger partial charge >= 0.3 is 0 Å². The van der Waals surface area contributed by atoms with Gasteiger partial charge in [0.05, 0.1) is 0 Å². The summed E-state index contributed by atoms with van der Waals surface area (Å²) in [6.07, 6.45) is 5.26. The highest BCUT2D eigenvalue weighted by atomic mass is 16.1. The fourth-order valence-electron chi connectivity index (χ4n) is 2.60. The zero-order valence-electron chi connectivity index (χ0n) is 10.8. The van der Waals surface area contributed by atoms with Crippen molar-refractivity contribution in [2.24, 2.45) is 11.7 Å². The van der Waals surface area contributed by atoms with Crippen LogP contribution in [0.15, 0.2) is 30.3 Å². The number of benzene rings is 1. The second-order valence-corrected chi connectivity index (χ2v) is 5.11. The maximum atomic E-state index is 12.0. The van der Waals surface area contributed by atoms with Crippen LogP contribution in [0.3, 0.4) is 0 Å². The van der Waals surface area contributed by atoms with Gasteiger partial charge in [0.25, 0.3) is 0 Å². The van der Waals surface area contributed by atoms with Gasteiger partial charge in [-0.1, -0.05) is 43.2 Å². The number of hydrogen-bond acceptors (Lipinski definition) is 2. The van der Waals surface area contributed by atoms with E-state index in [1.165, 1.54) is 18.4 Å². The number of amides is 1. The lowest BCUT2D eigenvalue weighted by molar-refractivity contribution is -0.125. The van der Waals surface area contributed by atoms with Crippen LogP contribution in [0.5, 0.6) is 0 Å². The van der Waals surface area contributed by atoms with E-state index in [-0.39, 0.29) is 17.9 Å². The minimum atomic E-state index is 0.0560. The summed E-state index contributed by atoms with van der Waals surface area (Å²) in [5, 5.41) is 3.09. The largest absolute Gasteiger partial charge is 0.352 e. The first-order valence-corrected chi connectivity index (χ1v) is 6.84. The van der Waals surface area contributed by atoms with E-state index in [0.29, 0.717) is 6.54 Å². The monoisotopic (exact) mass is 246 g/mol. The van der Waals surface area contributed by atoms with Crippen molar-refractivity contribution in [3.8, 4) is 0 Å². The molecule has 3 N–H and O–H groups in total. The molecule has 0 saturated heterocycles. The molecule has 1 saturated carbocycles. The van der Waals surface area contributed by atoms with Gasteiger partial charge in [-0.2, -0.15) is 0 Å². The molecular weight excluding hydrogens is 224 g/mol. The van der Waals surface area contributed by atoms with Crippen molar-refractivity contribution in [1.82, 2.24) is 5.32 Å². The molecule has 0 aliphatic heterocycles. The zero-order chi connectivity index (χ0) is 12.8. The lowest BCUT2D eigenvalue weighted by Gasteiger charge is -2.19. The van der Waals surface area contributed by atoms with Crippen LogP contribution in [0.1, 0.15) is 31.2 Å². The molecule has 0 aromatic heterocycles. The van der Waals surface area contributed by atoms with Crippen LogP contribution in [-0.4, -0.2) is 18.5 Å². The van der Waals surface area contributed by atoms with Crippen molar-refractivity contribution in [2.75, 3.05) is 6.54 Å². The number of nitrogens with one attached hydrogen (secondary N) is 1.